The van der Waals surface area contributed by atoms with E-state index in [1.54, 1.807) is 26.4 Å². The van der Waals surface area contributed by atoms with Crippen molar-refractivity contribution in [2.45, 2.75) is 0 Å². The maximum absolute atomic E-state index is 8.60. The number of methoxy groups -OCH3 is 2. The summed E-state index contributed by atoms with van der Waals surface area (Å²) in [6, 6.07) is 5.36. The van der Waals surface area contributed by atoms with Crippen molar-refractivity contribution < 1.29 is 38.4 Å². The van der Waals surface area contributed by atoms with Crippen LogP contribution < -0.4 is 23.5 Å². The topological polar surface area (TPSA) is 121 Å². The highest BCUT2D eigenvalue weighted by Gasteiger charge is 1.98. The molecule has 0 bridgehead atoms. The third kappa shape index (κ3) is 9.19. The minimum Gasteiger partial charge on any atom is -0.481 e. The fourth-order valence-electron chi connectivity index (χ4n) is 0.623. The van der Waals surface area contributed by atoms with Crippen LogP contribution in [-0.2, 0) is 0 Å². The average Bonchev–Trinajstić information content (AvgIpc) is 2.15. The zero-order valence-electron chi connectivity index (χ0n) is 8.05. The summed E-state index contributed by atoms with van der Waals surface area (Å²) in [6.45, 7) is 0. The fraction of sp³-hybridized carbons (Fsp3) is 0.286. The lowest BCUT2D eigenvalue weighted by molar-refractivity contribution is -1.92. The van der Waals surface area contributed by atoms with Crippen LogP contribution in [0, 0.1) is 10.2 Å². The molecule has 0 radical (unpaired) electrons. The van der Waals surface area contributed by atoms with E-state index in [4.69, 9.17) is 28.1 Å². The molecular formula is C7H10ClNO6. The maximum Gasteiger partial charge on any atom is 0.216 e. The van der Waals surface area contributed by atoms with E-state index < -0.39 is 10.2 Å². The van der Waals surface area contributed by atoms with E-state index in [1.807, 2.05) is 6.07 Å². The van der Waals surface area contributed by atoms with E-state index in [0.717, 1.165) is 0 Å². The first-order valence-corrected chi connectivity index (χ1v) is 4.81. The van der Waals surface area contributed by atoms with Crippen molar-refractivity contribution in [1.82, 2.24) is 4.98 Å². The Bertz CT molecular complexity index is 264. The van der Waals surface area contributed by atoms with Crippen molar-refractivity contribution in [3.8, 4) is 11.8 Å². The van der Waals surface area contributed by atoms with E-state index in [1.165, 1.54) is 0 Å². The standard InChI is InChI=1S/C7H9NO2.ClHO4/c1-9-6-4-3-5-7(8-6)10-2;2-1(3,4)5/h3-5H,1-2H3;(H,2,3,4,5). The second kappa shape index (κ2) is 6.38. The number of rotatable bonds is 2. The molecule has 0 amide bonds. The number of pyridine rings is 1. The van der Waals surface area contributed by atoms with Gasteiger partial charge in [-0.25, -0.2) is 0 Å². The van der Waals surface area contributed by atoms with Crippen LogP contribution in [0.3, 0.4) is 0 Å². The summed E-state index contributed by atoms with van der Waals surface area (Å²) in [5, 5.41) is 0. The Labute approximate surface area is 88.3 Å². The minimum atomic E-state index is -4.69. The number of hydrogen-bond donors (Lipinski definition) is 1. The van der Waals surface area contributed by atoms with E-state index >= 15 is 0 Å². The number of nitrogens with zero attached hydrogens (tertiary/aromatic N) is 1. The van der Waals surface area contributed by atoms with Gasteiger partial charge in [0, 0.05) is 12.1 Å². The van der Waals surface area contributed by atoms with E-state index in [2.05, 4.69) is 4.98 Å². The molecule has 0 atom stereocenters. The van der Waals surface area contributed by atoms with Crippen LogP contribution in [0.4, 0.5) is 0 Å². The fourth-order valence-corrected chi connectivity index (χ4v) is 0.623. The number of hydrogen-bond acceptors (Lipinski definition) is 7. The lowest BCUT2D eigenvalue weighted by Gasteiger charge is -2.03. The Hall–Kier alpha value is -1.12. The van der Waals surface area contributed by atoms with Crippen molar-refractivity contribution >= 4 is 0 Å². The normalized spacial score (nSPS) is 10.0. The van der Waals surface area contributed by atoms with Crippen LogP contribution >= 0.6 is 0 Å². The molecule has 1 heterocycles. The molecule has 15 heavy (non-hydrogen) atoms. The van der Waals surface area contributed by atoms with Crippen LogP contribution in [0.1, 0.15) is 0 Å². The lowest BCUT2D eigenvalue weighted by atomic mass is 10.5. The quantitative estimate of drug-likeness (QED) is 0.583. The molecule has 0 fully saturated rings. The molecule has 1 rings (SSSR count). The Kier molecular flexibility index (Phi) is 5.90. The largest absolute Gasteiger partial charge is 0.481 e. The highest BCUT2D eigenvalue weighted by atomic mass is 35.7. The minimum absolute atomic E-state index is 0.569. The van der Waals surface area contributed by atoms with Crippen LogP contribution in [0.25, 0.3) is 0 Å². The van der Waals surface area contributed by atoms with E-state index in [0.29, 0.717) is 11.8 Å². The van der Waals surface area contributed by atoms with Crippen molar-refractivity contribution in [2.75, 3.05) is 14.2 Å². The predicted octanol–water partition coefficient (Wildman–Crippen LogP) is -3.03. The zero-order valence-corrected chi connectivity index (χ0v) is 8.80. The summed E-state index contributed by atoms with van der Waals surface area (Å²) in [5.41, 5.74) is 0. The molecule has 7 nitrogen and oxygen atoms in total. The van der Waals surface area contributed by atoms with Gasteiger partial charge in [0.15, 0.2) is 0 Å². The SMILES string of the molecule is COc1cccc(OC)n1.[O-][Cl+3]([O-])([O-])O. The predicted molar refractivity (Wildman–Crippen MR) is 39.6 cm³/mol. The van der Waals surface area contributed by atoms with E-state index in [9.17, 15) is 0 Å². The first-order chi connectivity index (χ1) is 6.86. The van der Waals surface area contributed by atoms with Gasteiger partial charge in [0.25, 0.3) is 0 Å². The average molecular weight is 240 g/mol. The Balaban J connectivity index is 0.000000336. The number of ether oxygens (including phenoxy) is 2. The van der Waals surface area contributed by atoms with Gasteiger partial charge in [-0.1, -0.05) is 6.07 Å². The zero-order chi connectivity index (χ0) is 11.9. The Morgan fingerprint density at radius 2 is 1.47 bits per heavy atom. The molecule has 0 aliphatic carbocycles. The van der Waals surface area contributed by atoms with Gasteiger partial charge in [0.05, 0.1) is 29.1 Å². The molecule has 0 unspecified atom stereocenters. The lowest BCUT2D eigenvalue weighted by Crippen LogP contribution is -2.58. The Morgan fingerprint density at radius 1 is 1.13 bits per heavy atom. The van der Waals surface area contributed by atoms with E-state index in [-0.39, 0.29) is 0 Å². The molecular weight excluding hydrogens is 230 g/mol. The molecule has 8 heteroatoms. The molecule has 0 saturated carbocycles. The highest BCUT2D eigenvalue weighted by molar-refractivity contribution is 5.19. The van der Waals surface area contributed by atoms with Crippen molar-refractivity contribution in [3.63, 3.8) is 0 Å². The summed E-state index contributed by atoms with van der Waals surface area (Å²) in [4.78, 5) is 3.97. The van der Waals surface area contributed by atoms with Gasteiger partial charge in [-0.2, -0.15) is 19.0 Å². The molecule has 0 spiro atoms. The number of halogens is 1. The molecule has 0 aliphatic rings. The molecule has 86 valence electrons. The smallest absolute Gasteiger partial charge is 0.216 e. The summed E-state index contributed by atoms with van der Waals surface area (Å²) in [6.07, 6.45) is 0. The van der Waals surface area contributed by atoms with Crippen LogP contribution in [-0.4, -0.2) is 23.9 Å². The van der Waals surface area contributed by atoms with Crippen molar-refractivity contribution in [1.29, 1.82) is 0 Å². The van der Waals surface area contributed by atoms with Crippen molar-refractivity contribution in [2.24, 2.45) is 0 Å². The van der Waals surface area contributed by atoms with Crippen LogP contribution in [0.15, 0.2) is 18.2 Å². The summed E-state index contributed by atoms with van der Waals surface area (Å²) >= 11 is 0. The van der Waals surface area contributed by atoms with Gasteiger partial charge in [-0.3, -0.25) is 0 Å². The summed E-state index contributed by atoms with van der Waals surface area (Å²) in [5.74, 6) is 1.14. The first-order valence-electron chi connectivity index (χ1n) is 3.55. The summed E-state index contributed by atoms with van der Waals surface area (Å²) < 4.78 is 42.5. The van der Waals surface area contributed by atoms with Crippen LogP contribution in [0.5, 0.6) is 11.8 Å². The molecule has 0 saturated heterocycles. The molecule has 1 aromatic rings. The van der Waals surface area contributed by atoms with Crippen molar-refractivity contribution in [3.05, 3.63) is 18.2 Å². The van der Waals surface area contributed by atoms with Gasteiger partial charge in [-0.05, 0) is 0 Å². The highest BCUT2D eigenvalue weighted by Crippen LogP contribution is 2.11. The van der Waals surface area contributed by atoms with Gasteiger partial charge in [-0.15, -0.1) is 0 Å². The number of aromatic nitrogens is 1. The van der Waals surface area contributed by atoms with Crippen LogP contribution in [0.2, 0.25) is 0 Å². The van der Waals surface area contributed by atoms with Gasteiger partial charge in [0.2, 0.25) is 11.8 Å². The van der Waals surface area contributed by atoms with Gasteiger partial charge in [0.1, 0.15) is 0 Å². The summed E-state index contributed by atoms with van der Waals surface area (Å²) in [7, 11) is -1.55. The first kappa shape index (κ1) is 13.9. The molecule has 1 N–H and O–H groups in total. The third-order valence-corrected chi connectivity index (χ3v) is 1.12. The molecule has 1 aromatic heterocycles. The second-order valence-electron chi connectivity index (χ2n) is 2.12. The third-order valence-electron chi connectivity index (χ3n) is 1.12. The monoisotopic (exact) mass is 239 g/mol. The maximum atomic E-state index is 8.60. The van der Waals surface area contributed by atoms with Gasteiger partial charge < -0.3 is 9.47 Å². The second-order valence-corrected chi connectivity index (χ2v) is 2.91. The van der Waals surface area contributed by atoms with Gasteiger partial charge >= 0.3 is 0 Å². The molecule has 0 aromatic carbocycles. The Morgan fingerprint density at radius 3 is 1.73 bits per heavy atom. The molecule has 0 aliphatic heterocycles.